The highest BCUT2D eigenvalue weighted by atomic mass is 35.5. The number of nitrogens with zero attached hydrogens (tertiary/aromatic N) is 2. The number of ether oxygens (including phenoxy) is 1. The van der Waals surface area contributed by atoms with Crippen molar-refractivity contribution in [1.29, 1.82) is 0 Å². The predicted octanol–water partition coefficient (Wildman–Crippen LogP) is 2.45. The third kappa shape index (κ3) is 8.34. The van der Waals surface area contributed by atoms with Gasteiger partial charge in [0.1, 0.15) is 0 Å². The topological polar surface area (TPSA) is 58.8 Å². The van der Waals surface area contributed by atoms with Crippen molar-refractivity contribution < 1.29 is 9.53 Å². The van der Waals surface area contributed by atoms with E-state index in [1.807, 2.05) is 0 Å². The summed E-state index contributed by atoms with van der Waals surface area (Å²) in [5, 5.41) is 0. The molecule has 5 nitrogen and oxygen atoms in total. The molecule has 0 aromatic rings. The van der Waals surface area contributed by atoms with Gasteiger partial charge < -0.3 is 15.4 Å². The van der Waals surface area contributed by atoms with E-state index in [0.717, 1.165) is 78.0 Å². The number of nitrogens with two attached hydrogens (primary N) is 1. The van der Waals surface area contributed by atoms with Gasteiger partial charge in [-0.05, 0) is 38.6 Å². The summed E-state index contributed by atoms with van der Waals surface area (Å²) in [6, 6.07) is 0.420. The Labute approximate surface area is 159 Å². The molecule has 2 N–H and O–H groups in total. The van der Waals surface area contributed by atoms with Crippen LogP contribution >= 0.6 is 24.8 Å². The van der Waals surface area contributed by atoms with Crippen LogP contribution in [-0.2, 0) is 9.53 Å². The second-order valence-corrected chi connectivity index (χ2v) is 6.60. The van der Waals surface area contributed by atoms with Crippen molar-refractivity contribution in [1.82, 2.24) is 9.80 Å². The van der Waals surface area contributed by atoms with E-state index in [2.05, 4.69) is 9.80 Å². The van der Waals surface area contributed by atoms with Crippen molar-refractivity contribution in [2.24, 2.45) is 5.73 Å². The third-order valence-corrected chi connectivity index (χ3v) is 4.86. The van der Waals surface area contributed by atoms with Gasteiger partial charge in [0.2, 0.25) is 5.91 Å². The van der Waals surface area contributed by atoms with Gasteiger partial charge in [-0.15, -0.1) is 24.8 Å². The van der Waals surface area contributed by atoms with E-state index in [-0.39, 0.29) is 24.8 Å². The molecule has 0 radical (unpaired) electrons. The third-order valence-electron chi connectivity index (χ3n) is 4.86. The van der Waals surface area contributed by atoms with Gasteiger partial charge in [0, 0.05) is 38.6 Å². The zero-order valence-electron chi connectivity index (χ0n) is 14.8. The van der Waals surface area contributed by atoms with Gasteiger partial charge in [0.05, 0.1) is 13.2 Å². The van der Waals surface area contributed by atoms with Crippen molar-refractivity contribution >= 4 is 30.7 Å². The van der Waals surface area contributed by atoms with Crippen LogP contribution in [0.5, 0.6) is 0 Å². The Morgan fingerprint density at radius 3 is 2.42 bits per heavy atom. The lowest BCUT2D eigenvalue weighted by molar-refractivity contribution is -0.135. The number of carbonyl (C=O) groups is 1. The second kappa shape index (κ2) is 14.1. The van der Waals surface area contributed by atoms with Gasteiger partial charge in [-0.2, -0.15) is 0 Å². The van der Waals surface area contributed by atoms with Gasteiger partial charge in [0.25, 0.3) is 0 Å². The minimum atomic E-state index is 0. The summed E-state index contributed by atoms with van der Waals surface area (Å²) in [5.74, 6) is 0.366. The molecule has 2 fully saturated rings. The van der Waals surface area contributed by atoms with Crippen LogP contribution in [-0.4, -0.2) is 67.7 Å². The molecule has 24 heavy (non-hydrogen) atoms. The van der Waals surface area contributed by atoms with Crippen LogP contribution in [0, 0.1) is 0 Å². The number of unbranched alkanes of at least 4 members (excludes halogenated alkanes) is 3. The Balaban J connectivity index is 0.00000264. The Kier molecular flexibility index (Phi) is 14.1. The van der Waals surface area contributed by atoms with E-state index in [1.165, 1.54) is 12.8 Å². The molecule has 2 rings (SSSR count). The number of piperidine rings is 1. The predicted molar refractivity (Wildman–Crippen MR) is 103 cm³/mol. The monoisotopic (exact) mass is 383 g/mol. The summed E-state index contributed by atoms with van der Waals surface area (Å²) in [6.45, 7) is 6.44. The number of carbonyl (C=O) groups excluding carboxylic acids is 1. The molecule has 0 spiro atoms. The molecule has 2 saturated heterocycles. The van der Waals surface area contributed by atoms with Crippen LogP contribution < -0.4 is 5.73 Å². The van der Waals surface area contributed by atoms with Gasteiger partial charge in [0.15, 0.2) is 0 Å². The van der Waals surface area contributed by atoms with E-state index >= 15 is 0 Å². The van der Waals surface area contributed by atoms with Crippen LogP contribution in [0.15, 0.2) is 0 Å². The first kappa shape index (κ1) is 23.9. The molecule has 0 aromatic heterocycles. The van der Waals surface area contributed by atoms with E-state index in [0.29, 0.717) is 18.4 Å². The zero-order chi connectivity index (χ0) is 15.6. The molecule has 1 atom stereocenters. The van der Waals surface area contributed by atoms with Crippen LogP contribution in [0.3, 0.4) is 0 Å². The van der Waals surface area contributed by atoms with Gasteiger partial charge in [-0.3, -0.25) is 9.69 Å². The van der Waals surface area contributed by atoms with E-state index in [9.17, 15) is 4.79 Å². The Bertz CT molecular complexity index is 329. The number of amides is 1. The molecule has 0 bridgehead atoms. The molecule has 2 heterocycles. The molecule has 2 aliphatic heterocycles. The number of hydrogen-bond donors (Lipinski definition) is 1. The number of hydrogen-bond acceptors (Lipinski definition) is 4. The Morgan fingerprint density at radius 1 is 1.00 bits per heavy atom. The normalized spacial score (nSPS) is 21.7. The standard InChI is InChI=1S/C17H33N3O2.2ClH/c18-9-5-2-1-3-8-17(21)20-10-6-4-7-16(20)15-19-11-13-22-14-12-19;;/h16H,1-15,18H2;2*1H. The first-order chi connectivity index (χ1) is 10.8. The summed E-state index contributed by atoms with van der Waals surface area (Å²) in [4.78, 5) is 17.2. The molecular weight excluding hydrogens is 349 g/mol. The largest absolute Gasteiger partial charge is 0.379 e. The minimum absolute atomic E-state index is 0. The van der Waals surface area contributed by atoms with E-state index in [4.69, 9.17) is 10.5 Å². The summed E-state index contributed by atoms with van der Waals surface area (Å²) in [7, 11) is 0. The lowest BCUT2D eigenvalue weighted by Gasteiger charge is -2.39. The van der Waals surface area contributed by atoms with Crippen LogP contribution in [0.1, 0.15) is 51.4 Å². The highest BCUT2D eigenvalue weighted by Crippen LogP contribution is 2.20. The number of halogens is 2. The summed E-state index contributed by atoms with van der Waals surface area (Å²) < 4.78 is 5.42. The number of morpholine rings is 1. The van der Waals surface area contributed by atoms with Crippen LogP contribution in [0.25, 0.3) is 0 Å². The SMILES string of the molecule is Cl.Cl.NCCCCCCC(=O)N1CCCCC1CN1CCOCC1. The average molecular weight is 384 g/mol. The molecule has 1 amide bonds. The fraction of sp³-hybridized carbons (Fsp3) is 0.941. The smallest absolute Gasteiger partial charge is 0.222 e. The molecule has 1 unspecified atom stereocenters. The van der Waals surface area contributed by atoms with Crippen LogP contribution in [0.2, 0.25) is 0 Å². The Morgan fingerprint density at radius 2 is 1.71 bits per heavy atom. The summed E-state index contributed by atoms with van der Waals surface area (Å²) in [5.41, 5.74) is 5.51. The summed E-state index contributed by atoms with van der Waals surface area (Å²) >= 11 is 0. The van der Waals surface area contributed by atoms with Gasteiger partial charge in [-0.25, -0.2) is 0 Å². The van der Waals surface area contributed by atoms with E-state index in [1.54, 1.807) is 0 Å². The first-order valence-electron chi connectivity index (χ1n) is 9.11. The quantitative estimate of drug-likeness (QED) is 0.653. The van der Waals surface area contributed by atoms with Gasteiger partial charge in [-0.1, -0.05) is 12.8 Å². The lowest BCUT2D eigenvalue weighted by atomic mass is 10.00. The number of likely N-dealkylation sites (tertiary alicyclic amines) is 1. The minimum Gasteiger partial charge on any atom is -0.379 e. The molecular formula is C17H35Cl2N3O2. The lowest BCUT2D eigenvalue weighted by Crippen LogP contribution is -2.51. The van der Waals surface area contributed by atoms with Crippen molar-refractivity contribution in [3.05, 3.63) is 0 Å². The second-order valence-electron chi connectivity index (χ2n) is 6.60. The van der Waals surface area contributed by atoms with E-state index < -0.39 is 0 Å². The van der Waals surface area contributed by atoms with Crippen molar-refractivity contribution in [3.63, 3.8) is 0 Å². The number of rotatable bonds is 8. The molecule has 7 heteroatoms. The average Bonchev–Trinajstić information content (AvgIpc) is 2.56. The molecule has 0 aromatic carbocycles. The maximum Gasteiger partial charge on any atom is 0.222 e. The zero-order valence-corrected chi connectivity index (χ0v) is 16.4. The van der Waals surface area contributed by atoms with Gasteiger partial charge >= 0.3 is 0 Å². The first-order valence-corrected chi connectivity index (χ1v) is 9.11. The highest BCUT2D eigenvalue weighted by molar-refractivity contribution is 5.85. The highest BCUT2D eigenvalue weighted by Gasteiger charge is 2.28. The van der Waals surface area contributed by atoms with Crippen LogP contribution in [0.4, 0.5) is 0 Å². The fourth-order valence-electron chi connectivity index (χ4n) is 3.52. The van der Waals surface area contributed by atoms with Crippen molar-refractivity contribution in [2.75, 3.05) is 45.9 Å². The molecule has 0 saturated carbocycles. The molecule has 0 aliphatic carbocycles. The molecule has 2 aliphatic rings. The maximum atomic E-state index is 12.5. The van der Waals surface area contributed by atoms with Crippen molar-refractivity contribution in [3.8, 4) is 0 Å². The maximum absolute atomic E-state index is 12.5. The fourth-order valence-corrected chi connectivity index (χ4v) is 3.52. The summed E-state index contributed by atoms with van der Waals surface area (Å²) in [6.07, 6.45) is 8.68. The Hall–Kier alpha value is -0.0700. The van der Waals surface area contributed by atoms with Crippen molar-refractivity contribution in [2.45, 2.75) is 57.4 Å². The molecule has 144 valence electrons.